The van der Waals surface area contributed by atoms with E-state index in [4.69, 9.17) is 10.00 Å². The van der Waals surface area contributed by atoms with Crippen LogP contribution in [-0.4, -0.2) is 22.5 Å². The fourth-order valence-corrected chi connectivity index (χ4v) is 2.53. The molecule has 0 spiro atoms. The van der Waals surface area contributed by atoms with Gasteiger partial charge < -0.3 is 15.4 Å². The van der Waals surface area contributed by atoms with E-state index >= 15 is 0 Å². The quantitative estimate of drug-likeness (QED) is 0.676. The first-order chi connectivity index (χ1) is 13.6. The summed E-state index contributed by atoms with van der Waals surface area (Å²) in [5, 5.41) is 14.8. The first-order valence-corrected chi connectivity index (χ1v) is 8.74. The van der Waals surface area contributed by atoms with Crippen molar-refractivity contribution in [2.24, 2.45) is 0 Å². The van der Waals surface area contributed by atoms with Crippen molar-refractivity contribution in [3.8, 4) is 11.8 Å². The van der Waals surface area contributed by atoms with Crippen LogP contribution in [0.2, 0.25) is 0 Å². The van der Waals surface area contributed by atoms with Gasteiger partial charge in [-0.15, -0.1) is 0 Å². The third-order valence-electron chi connectivity index (χ3n) is 3.76. The molecule has 0 aliphatic rings. The molecule has 2 aromatic carbocycles. The number of aromatic nitrogens is 2. The van der Waals surface area contributed by atoms with Crippen LogP contribution in [0.15, 0.2) is 54.6 Å². The summed E-state index contributed by atoms with van der Waals surface area (Å²) in [4.78, 5) is 21.2. The van der Waals surface area contributed by atoms with E-state index < -0.39 is 0 Å². The number of hydrogen-bond acceptors (Lipinski definition) is 6. The van der Waals surface area contributed by atoms with Crippen molar-refractivity contribution in [1.82, 2.24) is 9.97 Å². The van der Waals surface area contributed by atoms with Gasteiger partial charge in [0.1, 0.15) is 11.4 Å². The third-order valence-corrected chi connectivity index (χ3v) is 3.76. The molecular weight excluding hydrogens is 354 g/mol. The van der Waals surface area contributed by atoms with Crippen LogP contribution in [0.3, 0.4) is 0 Å². The van der Waals surface area contributed by atoms with Gasteiger partial charge in [-0.1, -0.05) is 6.07 Å². The zero-order valence-electron chi connectivity index (χ0n) is 15.6. The Balaban J connectivity index is 1.76. The van der Waals surface area contributed by atoms with Gasteiger partial charge in [0, 0.05) is 17.1 Å². The molecule has 7 nitrogen and oxygen atoms in total. The highest BCUT2D eigenvalue weighted by Crippen LogP contribution is 2.19. The molecular formula is C21H19N5O2. The molecule has 28 heavy (non-hydrogen) atoms. The van der Waals surface area contributed by atoms with Crippen LogP contribution in [0.1, 0.15) is 28.7 Å². The second-order valence-corrected chi connectivity index (χ2v) is 5.95. The van der Waals surface area contributed by atoms with Crippen molar-refractivity contribution in [3.05, 3.63) is 71.5 Å². The van der Waals surface area contributed by atoms with Gasteiger partial charge in [0.25, 0.3) is 5.91 Å². The minimum atomic E-state index is -0.379. The lowest BCUT2D eigenvalue weighted by Crippen LogP contribution is -2.15. The molecule has 7 heteroatoms. The number of aryl methyl sites for hydroxylation is 1. The second kappa shape index (κ2) is 8.64. The molecule has 0 fully saturated rings. The summed E-state index contributed by atoms with van der Waals surface area (Å²) < 4.78 is 5.42. The van der Waals surface area contributed by atoms with Crippen LogP contribution < -0.4 is 15.4 Å². The van der Waals surface area contributed by atoms with Crippen molar-refractivity contribution in [2.45, 2.75) is 13.8 Å². The van der Waals surface area contributed by atoms with Crippen LogP contribution in [0, 0.1) is 18.3 Å². The monoisotopic (exact) mass is 373 g/mol. The Morgan fingerprint density at radius 1 is 1.11 bits per heavy atom. The maximum atomic E-state index is 12.6. The summed E-state index contributed by atoms with van der Waals surface area (Å²) in [6.07, 6.45) is 0. The van der Waals surface area contributed by atoms with E-state index in [2.05, 4.69) is 20.6 Å². The minimum Gasteiger partial charge on any atom is -0.494 e. The van der Waals surface area contributed by atoms with Gasteiger partial charge in [0.15, 0.2) is 0 Å². The van der Waals surface area contributed by atoms with Gasteiger partial charge in [-0.25, -0.2) is 9.97 Å². The van der Waals surface area contributed by atoms with E-state index in [-0.39, 0.29) is 11.6 Å². The lowest BCUT2D eigenvalue weighted by atomic mass is 10.2. The predicted molar refractivity (Wildman–Crippen MR) is 107 cm³/mol. The number of anilines is 3. The topological polar surface area (TPSA) is 99.9 Å². The molecule has 0 saturated carbocycles. The highest BCUT2D eigenvalue weighted by atomic mass is 16.5. The van der Waals surface area contributed by atoms with Gasteiger partial charge in [-0.2, -0.15) is 5.26 Å². The SMILES string of the molecule is CCOc1ccc(Nc2nc(C)cc(C(=O)Nc3cccc(C#N)c3)n2)cc1. The average Bonchev–Trinajstić information content (AvgIpc) is 2.69. The number of ether oxygens (including phenoxy) is 1. The number of carbonyl (C=O) groups excluding carboxylic acids is 1. The Labute approximate surface area is 163 Å². The van der Waals surface area contributed by atoms with E-state index in [0.717, 1.165) is 11.4 Å². The Morgan fingerprint density at radius 2 is 1.89 bits per heavy atom. The van der Waals surface area contributed by atoms with E-state index in [1.54, 1.807) is 37.3 Å². The van der Waals surface area contributed by atoms with Crippen LogP contribution >= 0.6 is 0 Å². The number of benzene rings is 2. The lowest BCUT2D eigenvalue weighted by Gasteiger charge is -2.10. The van der Waals surface area contributed by atoms with Gasteiger partial charge in [0.2, 0.25) is 5.95 Å². The number of rotatable bonds is 6. The normalized spacial score (nSPS) is 10.0. The second-order valence-electron chi connectivity index (χ2n) is 5.95. The smallest absolute Gasteiger partial charge is 0.274 e. The Hall–Kier alpha value is -3.92. The number of hydrogen-bond donors (Lipinski definition) is 2. The first kappa shape index (κ1) is 18.9. The largest absolute Gasteiger partial charge is 0.494 e. The Bertz CT molecular complexity index is 1030. The summed E-state index contributed by atoms with van der Waals surface area (Å²) in [7, 11) is 0. The Morgan fingerprint density at radius 3 is 2.61 bits per heavy atom. The number of carbonyl (C=O) groups is 1. The fourth-order valence-electron chi connectivity index (χ4n) is 2.53. The molecule has 0 unspecified atom stereocenters. The van der Waals surface area contributed by atoms with Crippen molar-refractivity contribution >= 4 is 23.2 Å². The summed E-state index contributed by atoms with van der Waals surface area (Å²) in [6.45, 7) is 4.32. The maximum absolute atomic E-state index is 12.6. The van der Waals surface area contributed by atoms with E-state index in [0.29, 0.717) is 29.5 Å². The standard InChI is InChI=1S/C21H19N5O2/c1-3-28-18-9-7-16(8-10-18)25-21-23-14(2)11-19(26-21)20(27)24-17-6-4-5-15(12-17)13-22/h4-12H,3H2,1-2H3,(H,24,27)(H,23,25,26). The van der Waals surface area contributed by atoms with Gasteiger partial charge in [-0.05, 0) is 62.4 Å². The van der Waals surface area contributed by atoms with Crippen LogP contribution in [0.4, 0.5) is 17.3 Å². The fraction of sp³-hybridized carbons (Fsp3) is 0.143. The van der Waals surface area contributed by atoms with Crippen LogP contribution in [-0.2, 0) is 0 Å². The molecule has 1 aromatic heterocycles. The zero-order valence-corrected chi connectivity index (χ0v) is 15.6. The van der Waals surface area contributed by atoms with E-state index in [1.807, 2.05) is 37.3 Å². The number of amides is 1. The van der Waals surface area contributed by atoms with Crippen LogP contribution in [0.5, 0.6) is 5.75 Å². The molecule has 0 radical (unpaired) electrons. The zero-order chi connectivity index (χ0) is 19.9. The first-order valence-electron chi connectivity index (χ1n) is 8.74. The number of nitrogens with one attached hydrogen (secondary N) is 2. The summed E-state index contributed by atoms with van der Waals surface area (Å²) in [5.41, 5.74) is 2.65. The van der Waals surface area contributed by atoms with E-state index in [9.17, 15) is 4.79 Å². The molecule has 1 heterocycles. The molecule has 0 saturated heterocycles. The number of nitrogens with zero attached hydrogens (tertiary/aromatic N) is 3. The molecule has 0 aliphatic carbocycles. The molecule has 3 aromatic rings. The van der Waals surface area contributed by atoms with Crippen molar-refractivity contribution in [1.29, 1.82) is 5.26 Å². The Kier molecular flexibility index (Phi) is 5.82. The highest BCUT2D eigenvalue weighted by molar-refractivity contribution is 6.03. The van der Waals surface area contributed by atoms with Gasteiger partial charge >= 0.3 is 0 Å². The van der Waals surface area contributed by atoms with E-state index in [1.165, 1.54) is 0 Å². The lowest BCUT2D eigenvalue weighted by molar-refractivity contribution is 0.102. The molecule has 0 bridgehead atoms. The average molecular weight is 373 g/mol. The minimum absolute atomic E-state index is 0.225. The van der Waals surface area contributed by atoms with Gasteiger partial charge in [0.05, 0.1) is 18.2 Å². The molecule has 3 rings (SSSR count). The predicted octanol–water partition coefficient (Wildman–Crippen LogP) is 4.05. The maximum Gasteiger partial charge on any atom is 0.274 e. The summed E-state index contributed by atoms with van der Waals surface area (Å²) in [6, 6.07) is 17.7. The third kappa shape index (κ3) is 4.83. The van der Waals surface area contributed by atoms with Crippen molar-refractivity contribution in [2.75, 3.05) is 17.2 Å². The number of nitriles is 1. The molecule has 0 aliphatic heterocycles. The van der Waals surface area contributed by atoms with Crippen molar-refractivity contribution < 1.29 is 9.53 Å². The molecule has 1 amide bonds. The van der Waals surface area contributed by atoms with Gasteiger partial charge in [-0.3, -0.25) is 4.79 Å². The highest BCUT2D eigenvalue weighted by Gasteiger charge is 2.12. The summed E-state index contributed by atoms with van der Waals surface area (Å²) >= 11 is 0. The summed E-state index contributed by atoms with van der Waals surface area (Å²) in [5.74, 6) is 0.716. The molecule has 0 atom stereocenters. The molecule has 2 N–H and O–H groups in total. The van der Waals surface area contributed by atoms with Crippen molar-refractivity contribution in [3.63, 3.8) is 0 Å². The van der Waals surface area contributed by atoms with Crippen LogP contribution in [0.25, 0.3) is 0 Å². The molecule has 140 valence electrons.